The third-order valence-electron chi connectivity index (χ3n) is 3.62. The minimum atomic E-state index is -0.465. The molecule has 0 N–H and O–H groups in total. The van der Waals surface area contributed by atoms with Crippen molar-refractivity contribution in [3.05, 3.63) is 35.4 Å². The molecule has 1 heterocycles. The summed E-state index contributed by atoms with van der Waals surface area (Å²) in [5.41, 5.74) is 1.43. The molecule has 21 heavy (non-hydrogen) atoms. The Morgan fingerprint density at radius 1 is 1.33 bits per heavy atom. The number of hydrogen-bond donors (Lipinski definition) is 0. The summed E-state index contributed by atoms with van der Waals surface area (Å²) in [6.07, 6.45) is 1.48. The second-order valence-corrected chi connectivity index (χ2v) is 5.00. The summed E-state index contributed by atoms with van der Waals surface area (Å²) < 4.78 is 10.2. The summed E-state index contributed by atoms with van der Waals surface area (Å²) in [5, 5.41) is 0. The van der Waals surface area contributed by atoms with Gasteiger partial charge < -0.3 is 14.4 Å². The Bertz CT molecular complexity index is 515. The molecule has 1 aliphatic heterocycles. The van der Waals surface area contributed by atoms with Crippen molar-refractivity contribution < 1.29 is 19.1 Å². The van der Waals surface area contributed by atoms with Crippen LogP contribution in [0, 0.1) is 0 Å². The van der Waals surface area contributed by atoms with Crippen LogP contribution in [0.25, 0.3) is 0 Å². The number of methoxy groups -OCH3 is 1. The van der Waals surface area contributed by atoms with Crippen molar-refractivity contribution >= 4 is 11.9 Å². The van der Waals surface area contributed by atoms with Crippen LogP contribution in [-0.4, -0.2) is 43.1 Å². The van der Waals surface area contributed by atoms with Crippen molar-refractivity contribution in [2.45, 2.75) is 32.4 Å². The van der Waals surface area contributed by atoms with Gasteiger partial charge in [0, 0.05) is 19.2 Å². The number of nitrogens with zero attached hydrogens (tertiary/aromatic N) is 1. The van der Waals surface area contributed by atoms with Gasteiger partial charge in [-0.25, -0.2) is 4.79 Å². The molecule has 1 amide bonds. The van der Waals surface area contributed by atoms with Crippen LogP contribution in [0.2, 0.25) is 0 Å². The van der Waals surface area contributed by atoms with Gasteiger partial charge in [-0.1, -0.05) is 18.2 Å². The fourth-order valence-corrected chi connectivity index (χ4v) is 2.66. The van der Waals surface area contributed by atoms with Crippen LogP contribution >= 0.6 is 0 Å². The normalized spacial score (nSPS) is 17.8. The highest BCUT2D eigenvalue weighted by molar-refractivity contribution is 5.98. The smallest absolute Gasteiger partial charge is 0.328 e. The van der Waals surface area contributed by atoms with Gasteiger partial charge in [-0.2, -0.15) is 0 Å². The predicted octanol–water partition coefficient (Wildman–Crippen LogP) is 2.00. The summed E-state index contributed by atoms with van der Waals surface area (Å²) >= 11 is 0. The molecule has 1 aromatic rings. The van der Waals surface area contributed by atoms with Crippen molar-refractivity contribution in [3.8, 4) is 0 Å². The molecule has 5 heteroatoms. The van der Waals surface area contributed by atoms with E-state index in [-0.39, 0.29) is 11.9 Å². The first-order valence-electron chi connectivity index (χ1n) is 7.23. The van der Waals surface area contributed by atoms with E-state index in [1.54, 1.807) is 25.0 Å². The van der Waals surface area contributed by atoms with Crippen molar-refractivity contribution in [1.82, 2.24) is 4.90 Å². The molecule has 1 aromatic carbocycles. The summed E-state index contributed by atoms with van der Waals surface area (Å²) in [6, 6.07) is 6.87. The molecule has 1 saturated heterocycles. The third kappa shape index (κ3) is 3.42. The first kappa shape index (κ1) is 15.5. The van der Waals surface area contributed by atoms with Gasteiger partial charge in [0.15, 0.2) is 0 Å². The molecule has 0 saturated carbocycles. The van der Waals surface area contributed by atoms with E-state index >= 15 is 0 Å². The number of amides is 1. The lowest BCUT2D eigenvalue weighted by Gasteiger charge is -2.24. The molecular formula is C16H21NO4. The van der Waals surface area contributed by atoms with E-state index < -0.39 is 6.04 Å². The second-order valence-electron chi connectivity index (χ2n) is 5.00. The Morgan fingerprint density at radius 2 is 2.10 bits per heavy atom. The molecule has 0 spiro atoms. The molecular weight excluding hydrogens is 270 g/mol. The zero-order chi connectivity index (χ0) is 15.2. The monoisotopic (exact) mass is 291 g/mol. The molecule has 1 unspecified atom stereocenters. The van der Waals surface area contributed by atoms with Gasteiger partial charge in [0.25, 0.3) is 5.91 Å². The van der Waals surface area contributed by atoms with Crippen LogP contribution in [0.4, 0.5) is 0 Å². The average molecular weight is 291 g/mol. The first-order chi connectivity index (χ1) is 10.2. The highest BCUT2D eigenvalue weighted by atomic mass is 16.5. The van der Waals surface area contributed by atoms with Crippen molar-refractivity contribution in [3.63, 3.8) is 0 Å². The van der Waals surface area contributed by atoms with E-state index in [1.807, 2.05) is 18.2 Å². The number of rotatable bonds is 5. The standard InChI is InChI=1S/C16H21NO4/c1-3-21-16(19)14-9-6-10-17(14)15(18)13-8-5-4-7-12(13)11-20-2/h4-5,7-8,14H,3,6,9-11H2,1-2H3. The molecule has 5 nitrogen and oxygen atoms in total. The average Bonchev–Trinajstić information content (AvgIpc) is 2.97. The van der Waals surface area contributed by atoms with E-state index in [0.717, 1.165) is 12.0 Å². The minimum absolute atomic E-state index is 0.127. The van der Waals surface area contributed by atoms with Gasteiger partial charge in [-0.05, 0) is 31.4 Å². The molecule has 1 aliphatic rings. The van der Waals surface area contributed by atoms with Crippen LogP contribution in [0.3, 0.4) is 0 Å². The van der Waals surface area contributed by atoms with Gasteiger partial charge in [0.2, 0.25) is 0 Å². The number of hydrogen-bond acceptors (Lipinski definition) is 4. The van der Waals surface area contributed by atoms with E-state index in [1.165, 1.54) is 0 Å². The summed E-state index contributed by atoms with van der Waals surface area (Å²) in [4.78, 5) is 26.3. The Morgan fingerprint density at radius 3 is 2.81 bits per heavy atom. The highest BCUT2D eigenvalue weighted by Gasteiger charge is 2.36. The van der Waals surface area contributed by atoms with E-state index in [4.69, 9.17) is 9.47 Å². The third-order valence-corrected chi connectivity index (χ3v) is 3.62. The topological polar surface area (TPSA) is 55.8 Å². The van der Waals surface area contributed by atoms with Crippen LogP contribution in [0.1, 0.15) is 35.7 Å². The number of carbonyl (C=O) groups is 2. The Hall–Kier alpha value is -1.88. The number of esters is 1. The molecule has 114 valence electrons. The number of carbonyl (C=O) groups excluding carboxylic acids is 2. The zero-order valence-electron chi connectivity index (χ0n) is 12.5. The molecule has 0 bridgehead atoms. The van der Waals surface area contributed by atoms with Crippen molar-refractivity contribution in [1.29, 1.82) is 0 Å². The quantitative estimate of drug-likeness (QED) is 0.779. The predicted molar refractivity (Wildman–Crippen MR) is 77.8 cm³/mol. The molecule has 1 fully saturated rings. The van der Waals surface area contributed by atoms with E-state index in [2.05, 4.69) is 0 Å². The molecule has 1 atom stereocenters. The summed E-state index contributed by atoms with van der Waals surface area (Å²) in [6.45, 7) is 3.06. The molecule has 0 aliphatic carbocycles. The largest absolute Gasteiger partial charge is 0.464 e. The maximum Gasteiger partial charge on any atom is 0.328 e. The van der Waals surface area contributed by atoms with Crippen molar-refractivity contribution in [2.75, 3.05) is 20.3 Å². The van der Waals surface area contributed by atoms with Gasteiger partial charge in [0.05, 0.1) is 13.2 Å². The fraction of sp³-hybridized carbons (Fsp3) is 0.500. The molecule has 2 rings (SSSR count). The Balaban J connectivity index is 2.21. The maximum absolute atomic E-state index is 12.7. The van der Waals surface area contributed by atoms with Crippen LogP contribution in [0.15, 0.2) is 24.3 Å². The van der Waals surface area contributed by atoms with Crippen LogP contribution < -0.4 is 0 Å². The van der Waals surface area contributed by atoms with E-state index in [9.17, 15) is 9.59 Å². The summed E-state index contributed by atoms with van der Waals surface area (Å²) in [7, 11) is 1.60. The Labute approximate surface area is 124 Å². The van der Waals surface area contributed by atoms with Gasteiger partial charge in [0.1, 0.15) is 6.04 Å². The number of ether oxygens (including phenoxy) is 2. The molecule has 0 radical (unpaired) electrons. The van der Waals surface area contributed by atoms with Crippen LogP contribution in [-0.2, 0) is 20.9 Å². The van der Waals surface area contributed by atoms with Gasteiger partial charge >= 0.3 is 5.97 Å². The first-order valence-corrected chi connectivity index (χ1v) is 7.23. The lowest BCUT2D eigenvalue weighted by molar-refractivity contribution is -0.147. The minimum Gasteiger partial charge on any atom is -0.464 e. The SMILES string of the molecule is CCOC(=O)C1CCCN1C(=O)c1ccccc1COC. The fourth-order valence-electron chi connectivity index (χ4n) is 2.66. The second kappa shape index (κ2) is 7.22. The number of benzene rings is 1. The van der Waals surface area contributed by atoms with E-state index in [0.29, 0.717) is 31.7 Å². The lowest BCUT2D eigenvalue weighted by Crippen LogP contribution is -2.41. The summed E-state index contributed by atoms with van der Waals surface area (Å²) in [5.74, 6) is -0.439. The van der Waals surface area contributed by atoms with Gasteiger partial charge in [-0.3, -0.25) is 4.79 Å². The van der Waals surface area contributed by atoms with Crippen LogP contribution in [0.5, 0.6) is 0 Å². The highest BCUT2D eigenvalue weighted by Crippen LogP contribution is 2.23. The number of likely N-dealkylation sites (tertiary alicyclic amines) is 1. The lowest BCUT2D eigenvalue weighted by atomic mass is 10.1. The molecule has 0 aromatic heterocycles. The maximum atomic E-state index is 12.7. The Kier molecular flexibility index (Phi) is 5.33. The van der Waals surface area contributed by atoms with Crippen molar-refractivity contribution in [2.24, 2.45) is 0 Å². The van der Waals surface area contributed by atoms with Gasteiger partial charge in [-0.15, -0.1) is 0 Å². The zero-order valence-corrected chi connectivity index (χ0v) is 12.5.